The van der Waals surface area contributed by atoms with Gasteiger partial charge < -0.3 is 4.98 Å². The molecule has 1 aliphatic carbocycles. The van der Waals surface area contributed by atoms with Crippen LogP contribution < -0.4 is 5.56 Å². The van der Waals surface area contributed by atoms with E-state index in [9.17, 15) is 23.2 Å². The Kier molecular flexibility index (Phi) is 5.35. The summed E-state index contributed by atoms with van der Waals surface area (Å²) in [5, 5.41) is 13.8. The van der Waals surface area contributed by atoms with Crippen molar-refractivity contribution in [3.8, 4) is 6.07 Å². The number of nitrogens with one attached hydrogen (secondary N) is 1. The number of aryl methyl sites for hydroxylation is 1. The number of halogens is 3. The molecule has 35 heavy (non-hydrogen) atoms. The average Bonchev–Trinajstić information content (AvgIpc) is 3.17. The Morgan fingerprint density at radius 2 is 1.94 bits per heavy atom. The summed E-state index contributed by atoms with van der Waals surface area (Å²) in [6.45, 7) is 3.57. The number of fused-ring (bicyclic) bond motifs is 1. The van der Waals surface area contributed by atoms with Gasteiger partial charge in [0.25, 0.3) is 5.56 Å². The smallest absolute Gasteiger partial charge is 0.310 e. The van der Waals surface area contributed by atoms with Crippen LogP contribution in [-0.4, -0.2) is 34.7 Å². The van der Waals surface area contributed by atoms with Crippen molar-refractivity contribution in [2.24, 2.45) is 0 Å². The molecule has 1 fully saturated rings. The Balaban J connectivity index is 1.57. The lowest BCUT2D eigenvalue weighted by Gasteiger charge is -2.34. The number of hydrogen-bond donors (Lipinski definition) is 1. The molecule has 4 aromatic rings. The lowest BCUT2D eigenvalue weighted by molar-refractivity contribution is -0.141. The molecule has 9 nitrogen and oxygen atoms in total. The molecular formula is C23H19F3N8O. The van der Waals surface area contributed by atoms with E-state index in [0.29, 0.717) is 17.2 Å². The summed E-state index contributed by atoms with van der Waals surface area (Å²) in [7, 11) is 0. The van der Waals surface area contributed by atoms with Gasteiger partial charge in [-0.05, 0) is 44.4 Å². The van der Waals surface area contributed by atoms with Crippen molar-refractivity contribution in [3.05, 3.63) is 75.2 Å². The zero-order valence-electron chi connectivity index (χ0n) is 18.7. The van der Waals surface area contributed by atoms with Crippen LogP contribution in [-0.2, 0) is 6.18 Å². The third-order valence-corrected chi connectivity index (χ3v) is 6.38. The topological polar surface area (TPSA) is 126 Å². The molecule has 1 N–H and O–H groups in total. The van der Waals surface area contributed by atoms with E-state index < -0.39 is 23.5 Å². The molecule has 1 aliphatic rings. The van der Waals surface area contributed by atoms with Crippen molar-refractivity contribution in [3.63, 3.8) is 0 Å². The van der Waals surface area contributed by atoms with Crippen molar-refractivity contribution in [1.82, 2.24) is 34.7 Å². The second-order valence-corrected chi connectivity index (χ2v) is 8.55. The minimum absolute atomic E-state index is 0.0150. The van der Waals surface area contributed by atoms with Crippen molar-refractivity contribution >= 4 is 11.0 Å². The van der Waals surface area contributed by atoms with Crippen molar-refractivity contribution in [2.45, 2.75) is 50.7 Å². The molecule has 0 aliphatic heterocycles. The first kappa shape index (κ1) is 22.6. The molecule has 5 rings (SSSR count). The van der Waals surface area contributed by atoms with Gasteiger partial charge in [-0.25, -0.2) is 19.6 Å². The van der Waals surface area contributed by atoms with Crippen LogP contribution in [0.3, 0.4) is 0 Å². The van der Waals surface area contributed by atoms with Crippen LogP contribution in [0.4, 0.5) is 13.2 Å². The average molecular weight is 480 g/mol. The molecule has 0 spiro atoms. The number of alkyl halides is 3. The number of nitrogens with zero attached hydrogens (tertiary/aromatic N) is 7. The lowest BCUT2D eigenvalue weighted by atomic mass is 9.72. The third kappa shape index (κ3) is 3.92. The highest BCUT2D eigenvalue weighted by Crippen LogP contribution is 2.46. The summed E-state index contributed by atoms with van der Waals surface area (Å²) in [5.41, 5.74) is -0.176. The lowest BCUT2D eigenvalue weighted by Crippen LogP contribution is -2.28. The minimum atomic E-state index is -4.56. The number of aromatic amines is 1. The van der Waals surface area contributed by atoms with E-state index in [1.165, 1.54) is 10.7 Å². The number of hydrogen-bond acceptors (Lipinski definition) is 7. The van der Waals surface area contributed by atoms with Crippen molar-refractivity contribution < 1.29 is 13.2 Å². The molecule has 0 saturated heterocycles. The van der Waals surface area contributed by atoms with Gasteiger partial charge in [0.15, 0.2) is 11.3 Å². The molecule has 0 amide bonds. The van der Waals surface area contributed by atoms with Gasteiger partial charge in [-0.15, -0.1) is 0 Å². The second-order valence-electron chi connectivity index (χ2n) is 8.55. The molecule has 0 radical (unpaired) electrons. The van der Waals surface area contributed by atoms with Gasteiger partial charge in [0, 0.05) is 29.9 Å². The van der Waals surface area contributed by atoms with Crippen LogP contribution in [0.15, 0.2) is 35.4 Å². The number of nitriles is 1. The van der Waals surface area contributed by atoms with Crippen LogP contribution in [0.25, 0.3) is 11.0 Å². The molecule has 178 valence electrons. The van der Waals surface area contributed by atoms with Crippen LogP contribution in [0.2, 0.25) is 0 Å². The standard InChI is InChI=1S/C23H19F3N8O/c1-11-7-8-28-19(30-11)14-4-5-15(14)20-31-21-18(22(35)32-20)16(9-27)33-34(21)12(2)13-3-6-17(29-10-13)23(24,25)26/h3,6-8,10,12,14-15H,4-5H2,1-2H3,(H,31,32,35)/t12-,14-,15-/m1/s1. The molecule has 0 bridgehead atoms. The highest BCUT2D eigenvalue weighted by atomic mass is 19.4. The summed E-state index contributed by atoms with van der Waals surface area (Å²) in [6, 6.07) is 5.27. The monoisotopic (exact) mass is 480 g/mol. The summed E-state index contributed by atoms with van der Waals surface area (Å²) in [4.78, 5) is 32.8. The van der Waals surface area contributed by atoms with Crippen molar-refractivity contribution in [2.75, 3.05) is 0 Å². The number of rotatable bonds is 4. The maximum Gasteiger partial charge on any atom is 0.433 e. The first-order valence-electron chi connectivity index (χ1n) is 10.9. The second kappa shape index (κ2) is 8.26. The van der Waals surface area contributed by atoms with Gasteiger partial charge in [-0.2, -0.15) is 23.5 Å². The Hall–Kier alpha value is -4.14. The maximum absolute atomic E-state index is 13.0. The SMILES string of the molecule is Cc1ccnc([C@@H]2CC[C@H]2c2nc3c(c(C#N)nn3[C@H](C)c3ccc(C(F)(F)F)nc3)c(=O)[nH]2)n1. The van der Waals surface area contributed by atoms with Gasteiger partial charge >= 0.3 is 6.18 Å². The Labute approximate surface area is 196 Å². The molecule has 12 heteroatoms. The van der Waals surface area contributed by atoms with E-state index in [0.717, 1.165) is 30.8 Å². The molecule has 4 aromatic heterocycles. The Morgan fingerprint density at radius 3 is 2.54 bits per heavy atom. The number of pyridine rings is 1. The molecule has 0 aromatic carbocycles. The highest BCUT2D eigenvalue weighted by Gasteiger charge is 2.38. The largest absolute Gasteiger partial charge is 0.433 e. The predicted octanol–water partition coefficient (Wildman–Crippen LogP) is 3.77. The van der Waals surface area contributed by atoms with E-state index in [2.05, 4.69) is 30.0 Å². The van der Waals surface area contributed by atoms with E-state index in [1.807, 2.05) is 19.1 Å². The predicted molar refractivity (Wildman–Crippen MR) is 117 cm³/mol. The molecule has 4 heterocycles. The minimum Gasteiger partial charge on any atom is -0.310 e. The normalized spacial score (nSPS) is 18.7. The van der Waals surface area contributed by atoms with Gasteiger partial charge in [-0.3, -0.25) is 9.78 Å². The van der Waals surface area contributed by atoms with E-state index >= 15 is 0 Å². The maximum atomic E-state index is 13.0. The van der Waals surface area contributed by atoms with Gasteiger partial charge in [0.1, 0.15) is 28.8 Å². The number of aromatic nitrogens is 7. The van der Waals surface area contributed by atoms with E-state index in [4.69, 9.17) is 0 Å². The van der Waals surface area contributed by atoms with E-state index in [-0.39, 0.29) is 28.6 Å². The van der Waals surface area contributed by atoms with Gasteiger partial charge in [-0.1, -0.05) is 6.07 Å². The Bertz CT molecular complexity index is 1520. The molecule has 0 unspecified atom stereocenters. The first-order valence-corrected chi connectivity index (χ1v) is 10.9. The fourth-order valence-electron chi connectivity index (χ4n) is 4.33. The van der Waals surface area contributed by atoms with Crippen molar-refractivity contribution in [1.29, 1.82) is 5.26 Å². The Morgan fingerprint density at radius 1 is 1.17 bits per heavy atom. The molecule has 1 saturated carbocycles. The summed E-state index contributed by atoms with van der Waals surface area (Å²) in [5.74, 6) is 0.983. The van der Waals surface area contributed by atoms with Crippen LogP contribution in [0.1, 0.15) is 71.9 Å². The summed E-state index contributed by atoms with van der Waals surface area (Å²) in [6.07, 6.45) is -0.142. The quantitative estimate of drug-likeness (QED) is 0.471. The number of H-pyrrole nitrogens is 1. The molecular weight excluding hydrogens is 461 g/mol. The van der Waals surface area contributed by atoms with Crippen LogP contribution >= 0.6 is 0 Å². The fourth-order valence-corrected chi connectivity index (χ4v) is 4.33. The fraction of sp³-hybridized carbons (Fsp3) is 0.348. The highest BCUT2D eigenvalue weighted by molar-refractivity contribution is 5.80. The third-order valence-electron chi connectivity index (χ3n) is 6.38. The zero-order chi connectivity index (χ0) is 24.9. The van der Waals surface area contributed by atoms with E-state index in [1.54, 1.807) is 13.1 Å². The summed E-state index contributed by atoms with van der Waals surface area (Å²) >= 11 is 0. The zero-order valence-corrected chi connectivity index (χ0v) is 18.7. The molecule has 3 atom stereocenters. The van der Waals surface area contributed by atoms with Crippen LogP contribution in [0, 0.1) is 18.3 Å². The van der Waals surface area contributed by atoms with Crippen LogP contribution in [0.5, 0.6) is 0 Å². The van der Waals surface area contributed by atoms with Gasteiger partial charge in [0.05, 0.1) is 6.04 Å². The summed E-state index contributed by atoms with van der Waals surface area (Å²) < 4.78 is 40.1. The van der Waals surface area contributed by atoms with Gasteiger partial charge in [0.2, 0.25) is 0 Å². The first-order chi connectivity index (χ1) is 16.7.